The first-order valence-corrected chi connectivity index (χ1v) is 16.8. The number of hydrogen-bond acceptors (Lipinski definition) is 8. The first-order chi connectivity index (χ1) is 20.8. The second-order valence-electron chi connectivity index (χ2n) is 11.1. The fourth-order valence-electron chi connectivity index (χ4n) is 5.99. The lowest BCUT2D eigenvalue weighted by atomic mass is 9.87. The number of aromatic nitrogens is 2. The number of sulfonamides is 1. The molecule has 1 saturated carbocycles. The highest BCUT2D eigenvalue weighted by molar-refractivity contribution is 7.89. The van der Waals surface area contributed by atoms with Crippen molar-refractivity contribution >= 4 is 48.4 Å². The molecule has 1 unspecified atom stereocenters. The number of rotatable bonds is 9. The van der Waals surface area contributed by atoms with Gasteiger partial charge in [-0.05, 0) is 60.4 Å². The van der Waals surface area contributed by atoms with Gasteiger partial charge in [-0.1, -0.05) is 49.2 Å². The third-order valence-corrected chi connectivity index (χ3v) is 11.2. The lowest BCUT2D eigenvalue weighted by Crippen LogP contribution is -2.48. The molecule has 0 radical (unpaired) electrons. The van der Waals surface area contributed by atoms with E-state index >= 15 is 0 Å². The Morgan fingerprint density at radius 3 is 2.37 bits per heavy atom. The number of ether oxygens (including phenoxy) is 1. The number of hydrogen-bond donors (Lipinski definition) is 1. The summed E-state index contributed by atoms with van der Waals surface area (Å²) in [5.41, 5.74) is 2.34. The topological polar surface area (TPSA) is 105 Å². The Morgan fingerprint density at radius 1 is 1.00 bits per heavy atom. The van der Waals surface area contributed by atoms with E-state index in [0.717, 1.165) is 36.9 Å². The van der Waals surface area contributed by atoms with E-state index in [1.807, 2.05) is 6.07 Å². The van der Waals surface area contributed by atoms with E-state index < -0.39 is 15.9 Å². The average molecular weight is 624 g/mol. The van der Waals surface area contributed by atoms with Crippen LogP contribution in [-0.2, 0) is 14.8 Å². The summed E-state index contributed by atoms with van der Waals surface area (Å²) in [6.45, 7) is 1.69. The first-order valence-electron chi connectivity index (χ1n) is 14.5. The third-order valence-electron chi connectivity index (χ3n) is 8.38. The van der Waals surface area contributed by atoms with Crippen molar-refractivity contribution in [2.75, 3.05) is 43.5 Å². The van der Waals surface area contributed by atoms with Crippen LogP contribution in [-0.4, -0.2) is 61.9 Å². The van der Waals surface area contributed by atoms with Crippen molar-refractivity contribution < 1.29 is 22.3 Å². The molecule has 226 valence electrons. The molecule has 2 aliphatic rings. The highest BCUT2D eigenvalue weighted by Crippen LogP contribution is 2.36. The Kier molecular flexibility index (Phi) is 8.60. The van der Waals surface area contributed by atoms with Crippen molar-refractivity contribution in [1.29, 1.82) is 0 Å². The number of piperazine rings is 1. The highest BCUT2D eigenvalue weighted by atomic mass is 32.2. The van der Waals surface area contributed by atoms with Gasteiger partial charge < -0.3 is 15.0 Å². The van der Waals surface area contributed by atoms with Gasteiger partial charge in [-0.3, -0.25) is 4.79 Å². The molecule has 4 aromatic rings. The number of anilines is 2. The van der Waals surface area contributed by atoms with Crippen molar-refractivity contribution in [1.82, 2.24) is 14.3 Å². The largest absolute Gasteiger partial charge is 0.481 e. The number of halogens is 1. The first kappa shape index (κ1) is 29.5. The van der Waals surface area contributed by atoms with Crippen LogP contribution in [0.5, 0.6) is 5.88 Å². The van der Waals surface area contributed by atoms with Crippen molar-refractivity contribution in [2.45, 2.75) is 42.9 Å². The molecule has 1 atom stereocenters. The zero-order chi connectivity index (χ0) is 30.0. The second-order valence-corrected chi connectivity index (χ2v) is 14.0. The quantitative estimate of drug-likeness (QED) is 0.257. The molecule has 0 spiro atoms. The molecule has 2 aromatic heterocycles. The van der Waals surface area contributed by atoms with Gasteiger partial charge in [-0.15, -0.1) is 0 Å². The normalized spacial score (nSPS) is 17.3. The molecule has 1 N–H and O–H groups in total. The fraction of sp³-hybridized carbons (Fsp3) is 0.387. The summed E-state index contributed by atoms with van der Waals surface area (Å²) < 4.78 is 47.0. The molecule has 0 bridgehead atoms. The minimum absolute atomic E-state index is 0.162. The lowest BCUT2D eigenvalue weighted by Gasteiger charge is -2.35. The van der Waals surface area contributed by atoms with Gasteiger partial charge in [0.15, 0.2) is 5.13 Å². The molecule has 2 fully saturated rings. The maximum atomic E-state index is 13.7. The number of nitrogens with one attached hydrogen (secondary N) is 1. The Labute approximate surface area is 254 Å². The SMILES string of the molecule is COc1ccc2nc(NC(=O)C(CC3CCCC3)c3ccc(S(=O)(=O)N4CCN(c5ccc(F)cc5)CC4)cc3)sc2n1. The minimum atomic E-state index is -3.71. The van der Waals surface area contributed by atoms with Gasteiger partial charge in [0.2, 0.25) is 21.8 Å². The molecular weight excluding hydrogens is 590 g/mol. The predicted octanol–water partition coefficient (Wildman–Crippen LogP) is 5.65. The maximum absolute atomic E-state index is 13.7. The number of carbonyl (C=O) groups excluding carboxylic acids is 1. The fourth-order valence-corrected chi connectivity index (χ4v) is 8.25. The third kappa shape index (κ3) is 6.51. The van der Waals surface area contributed by atoms with E-state index in [4.69, 9.17) is 4.74 Å². The molecule has 2 aromatic carbocycles. The molecular formula is C31H34FN5O4S2. The van der Waals surface area contributed by atoms with Crippen molar-refractivity contribution in [3.05, 3.63) is 72.0 Å². The molecule has 9 nitrogen and oxygen atoms in total. The van der Waals surface area contributed by atoms with Gasteiger partial charge in [0.1, 0.15) is 16.2 Å². The summed E-state index contributed by atoms with van der Waals surface area (Å²) in [6, 6.07) is 16.5. The summed E-state index contributed by atoms with van der Waals surface area (Å²) in [7, 11) is -2.15. The molecule has 1 saturated heterocycles. The van der Waals surface area contributed by atoms with Crippen LogP contribution in [0.25, 0.3) is 10.3 Å². The van der Waals surface area contributed by atoms with Crippen LogP contribution in [0.3, 0.4) is 0 Å². The molecule has 1 aliphatic heterocycles. The zero-order valence-corrected chi connectivity index (χ0v) is 25.5. The van der Waals surface area contributed by atoms with E-state index in [9.17, 15) is 17.6 Å². The number of benzene rings is 2. The summed E-state index contributed by atoms with van der Waals surface area (Å²) >= 11 is 1.29. The van der Waals surface area contributed by atoms with Crippen LogP contribution in [0, 0.1) is 11.7 Å². The van der Waals surface area contributed by atoms with Gasteiger partial charge in [0, 0.05) is 37.9 Å². The average Bonchev–Trinajstić information content (AvgIpc) is 3.69. The molecule has 1 aliphatic carbocycles. The Bertz CT molecular complexity index is 1680. The van der Waals surface area contributed by atoms with Crippen LogP contribution in [0.4, 0.5) is 15.2 Å². The lowest BCUT2D eigenvalue weighted by molar-refractivity contribution is -0.118. The Hall–Kier alpha value is -3.61. The Morgan fingerprint density at radius 2 is 1.70 bits per heavy atom. The predicted molar refractivity (Wildman–Crippen MR) is 166 cm³/mol. The van der Waals surface area contributed by atoms with Gasteiger partial charge >= 0.3 is 0 Å². The standard InChI is InChI=1S/C31H34FN5O4S2/c1-41-28-15-14-27-30(34-28)42-31(33-27)35-29(38)26(20-21-4-2-3-5-21)22-6-12-25(13-7-22)43(39,40)37-18-16-36(17-19-37)24-10-8-23(32)9-11-24/h6-15,21,26H,2-5,16-20H2,1H3,(H,33,35,38). The summed E-state index contributed by atoms with van der Waals surface area (Å²) in [5, 5.41) is 3.46. The number of amides is 1. The smallest absolute Gasteiger partial charge is 0.243 e. The molecule has 6 rings (SSSR count). The number of thiazole rings is 1. The van der Waals surface area contributed by atoms with Crippen LogP contribution in [0.1, 0.15) is 43.6 Å². The van der Waals surface area contributed by atoms with Crippen LogP contribution >= 0.6 is 11.3 Å². The Balaban J connectivity index is 1.17. The maximum Gasteiger partial charge on any atom is 0.243 e. The van der Waals surface area contributed by atoms with Gasteiger partial charge in [-0.25, -0.2) is 22.8 Å². The number of nitrogens with zero attached hydrogens (tertiary/aromatic N) is 4. The van der Waals surface area contributed by atoms with Gasteiger partial charge in [-0.2, -0.15) is 4.31 Å². The zero-order valence-electron chi connectivity index (χ0n) is 23.9. The number of methoxy groups -OCH3 is 1. The second kappa shape index (κ2) is 12.6. The summed E-state index contributed by atoms with van der Waals surface area (Å²) in [5.74, 6) is 0.0290. The number of carbonyl (C=O) groups is 1. The van der Waals surface area contributed by atoms with E-state index in [-0.39, 0.29) is 16.6 Å². The molecule has 43 heavy (non-hydrogen) atoms. The highest BCUT2D eigenvalue weighted by Gasteiger charge is 2.31. The molecule has 1 amide bonds. The number of fused-ring (bicyclic) bond motifs is 1. The van der Waals surface area contributed by atoms with Crippen molar-refractivity contribution in [3.8, 4) is 5.88 Å². The van der Waals surface area contributed by atoms with Crippen molar-refractivity contribution in [3.63, 3.8) is 0 Å². The monoisotopic (exact) mass is 623 g/mol. The van der Waals surface area contributed by atoms with Crippen LogP contribution < -0.4 is 15.0 Å². The van der Waals surface area contributed by atoms with E-state index in [0.29, 0.717) is 59.9 Å². The van der Waals surface area contributed by atoms with E-state index in [1.54, 1.807) is 49.6 Å². The van der Waals surface area contributed by atoms with Crippen LogP contribution in [0.2, 0.25) is 0 Å². The number of pyridine rings is 1. The molecule has 3 heterocycles. The minimum Gasteiger partial charge on any atom is -0.481 e. The van der Waals surface area contributed by atoms with E-state index in [1.165, 1.54) is 27.8 Å². The van der Waals surface area contributed by atoms with Crippen molar-refractivity contribution in [2.24, 2.45) is 5.92 Å². The van der Waals surface area contributed by atoms with Gasteiger partial charge in [0.25, 0.3) is 0 Å². The van der Waals surface area contributed by atoms with Gasteiger partial charge in [0.05, 0.1) is 17.9 Å². The molecule has 12 heteroatoms. The van der Waals surface area contributed by atoms with E-state index in [2.05, 4.69) is 20.2 Å². The van der Waals surface area contributed by atoms with Crippen LogP contribution in [0.15, 0.2) is 65.6 Å². The summed E-state index contributed by atoms with van der Waals surface area (Å²) in [6.07, 6.45) is 5.20. The summed E-state index contributed by atoms with van der Waals surface area (Å²) in [4.78, 5) is 25.5.